The average Bonchev–Trinajstić information content (AvgIpc) is 4.04. The number of carbonyl (C=O) groups is 2. The Balaban J connectivity index is 0.955. The Morgan fingerprint density at radius 3 is 2.68 bits per heavy atom. The number of H-pyrrole nitrogens is 2. The van der Waals surface area contributed by atoms with Gasteiger partial charge in [0.2, 0.25) is 5.91 Å². The maximum atomic E-state index is 14.0. The molecule has 11 heteroatoms. The van der Waals surface area contributed by atoms with E-state index in [0.29, 0.717) is 12.0 Å². The van der Waals surface area contributed by atoms with Crippen LogP contribution in [-0.4, -0.2) is 75.8 Å². The number of nitrogens with zero attached hydrogens (tertiary/aromatic N) is 3. The fourth-order valence-electron chi connectivity index (χ4n) is 9.43. The molecular weight excluding hydrogens is 667 g/mol. The lowest BCUT2D eigenvalue weighted by Gasteiger charge is -2.37. The number of aromatic amines is 2. The van der Waals surface area contributed by atoms with Crippen molar-refractivity contribution < 1.29 is 19.1 Å². The molecule has 11 nitrogen and oxygen atoms in total. The zero-order valence-corrected chi connectivity index (χ0v) is 30.7. The topological polar surface area (TPSA) is 137 Å². The highest BCUT2D eigenvalue weighted by molar-refractivity contribution is 5.90. The summed E-state index contributed by atoms with van der Waals surface area (Å²) in [5.41, 5.74) is 7.85. The van der Waals surface area contributed by atoms with Crippen LogP contribution in [0.2, 0.25) is 0 Å². The quantitative estimate of drug-likeness (QED) is 0.138. The third kappa shape index (κ3) is 5.81. The second-order valence-corrected chi connectivity index (χ2v) is 15.7. The van der Waals surface area contributed by atoms with Gasteiger partial charge in [0, 0.05) is 29.7 Å². The standard InChI is InChI=1S/C42H47N7O4/c1-23(52-3)35(48-41(51)53-4)40(50)49-30-13-10-27(20-30)37(49)39-44-22-34(46-39)26-8-7-25-19-29(12-9-24(25)18-26)42(2)16-15-31-28(21-42)11-14-32-36(31)47-38(45-32)33-6-5-17-43-33/h7-9,11-12,14-16,18-19,22-23,27,30,33,35,37,43H,5-6,10,13,17,20-21H2,1-4H3,(H,44,46)(H,45,47)(H,48,51)/t23-,27+,30-,33+,35+,37+,42?/m1/s1. The van der Waals surface area contributed by atoms with Gasteiger partial charge in [0.25, 0.3) is 0 Å². The van der Waals surface area contributed by atoms with Crippen LogP contribution in [0.5, 0.6) is 0 Å². The maximum Gasteiger partial charge on any atom is 0.407 e. The van der Waals surface area contributed by atoms with Gasteiger partial charge < -0.3 is 35.0 Å². The molecule has 1 unspecified atom stereocenters. The number of fused-ring (bicyclic) bond motifs is 6. The van der Waals surface area contributed by atoms with Crippen LogP contribution in [0.1, 0.15) is 86.4 Å². The molecule has 2 aliphatic carbocycles. The normalized spacial score (nSPS) is 25.9. The predicted molar refractivity (Wildman–Crippen MR) is 204 cm³/mol. The molecule has 3 fully saturated rings. The first kappa shape index (κ1) is 33.8. The molecule has 4 N–H and O–H groups in total. The zero-order chi connectivity index (χ0) is 36.4. The number of benzene rings is 3. The molecule has 3 aromatic carbocycles. The van der Waals surface area contributed by atoms with Gasteiger partial charge in [-0.25, -0.2) is 14.8 Å². The molecule has 7 atom stereocenters. The van der Waals surface area contributed by atoms with E-state index >= 15 is 0 Å². The second-order valence-electron chi connectivity index (χ2n) is 15.7. The molecule has 9 rings (SSSR count). The lowest BCUT2D eigenvalue weighted by Crippen LogP contribution is -2.56. The van der Waals surface area contributed by atoms with Crippen molar-refractivity contribution in [2.24, 2.45) is 5.92 Å². The van der Waals surface area contributed by atoms with Gasteiger partial charge in [-0.1, -0.05) is 55.5 Å². The summed E-state index contributed by atoms with van der Waals surface area (Å²) in [6.07, 6.45) is 11.5. The van der Waals surface area contributed by atoms with Crippen molar-refractivity contribution in [2.75, 3.05) is 20.8 Å². The molecule has 274 valence electrons. The summed E-state index contributed by atoms with van der Waals surface area (Å²) in [4.78, 5) is 45.2. The van der Waals surface area contributed by atoms with Crippen LogP contribution in [0.25, 0.3) is 39.1 Å². The monoisotopic (exact) mass is 713 g/mol. The number of imidazole rings is 2. The van der Waals surface area contributed by atoms with Crippen molar-refractivity contribution >= 4 is 39.9 Å². The first-order chi connectivity index (χ1) is 25.7. The van der Waals surface area contributed by atoms with E-state index in [4.69, 9.17) is 19.4 Å². The van der Waals surface area contributed by atoms with Gasteiger partial charge in [-0.15, -0.1) is 0 Å². The van der Waals surface area contributed by atoms with Crippen molar-refractivity contribution in [3.05, 3.63) is 89.1 Å². The van der Waals surface area contributed by atoms with Crippen LogP contribution in [0.3, 0.4) is 0 Å². The molecule has 2 bridgehead atoms. The first-order valence-corrected chi connectivity index (χ1v) is 19.0. The summed E-state index contributed by atoms with van der Waals surface area (Å²) in [5.74, 6) is 1.95. The Morgan fingerprint density at radius 2 is 1.87 bits per heavy atom. The molecule has 4 aliphatic rings. The summed E-state index contributed by atoms with van der Waals surface area (Å²) in [6, 6.07) is 17.1. The molecular formula is C42H47N7O4. The average molecular weight is 714 g/mol. The number of likely N-dealkylation sites (tertiary alicyclic amines) is 1. The Hall–Kier alpha value is -5.00. The SMILES string of the molecule is COC(=O)N[C@H](C(=O)N1[C@@H]2CC[C@@H](C2)[C@H]1c1ncc(-c2ccc3cc(C4(C)C=Cc5c(ccc6nc([C@@H]7CCCN7)[nH]c56)C4)ccc3c2)[nH]1)[C@@H](C)OC. The molecule has 4 heterocycles. The van der Waals surface area contributed by atoms with Gasteiger partial charge in [0.15, 0.2) is 0 Å². The predicted octanol–water partition coefficient (Wildman–Crippen LogP) is 6.87. The Morgan fingerprint density at radius 1 is 1.02 bits per heavy atom. The van der Waals surface area contributed by atoms with Crippen LogP contribution in [0, 0.1) is 5.92 Å². The van der Waals surface area contributed by atoms with Crippen molar-refractivity contribution in [1.82, 2.24) is 35.5 Å². The van der Waals surface area contributed by atoms with E-state index in [9.17, 15) is 9.59 Å². The van der Waals surface area contributed by atoms with E-state index in [1.165, 1.54) is 42.7 Å². The third-order valence-corrected chi connectivity index (χ3v) is 12.5. The minimum atomic E-state index is -0.866. The van der Waals surface area contributed by atoms with Gasteiger partial charge in [-0.05, 0) is 91.9 Å². The van der Waals surface area contributed by atoms with Crippen molar-refractivity contribution in [2.45, 2.75) is 88.1 Å². The van der Waals surface area contributed by atoms with E-state index in [2.05, 4.69) is 88.2 Å². The molecule has 0 spiro atoms. The van der Waals surface area contributed by atoms with Crippen LogP contribution >= 0.6 is 0 Å². The molecule has 2 saturated heterocycles. The lowest BCUT2D eigenvalue weighted by atomic mass is 9.72. The number of carbonyl (C=O) groups excluding carboxylic acids is 2. The summed E-state index contributed by atoms with van der Waals surface area (Å²) in [5, 5.41) is 8.61. The molecule has 2 aromatic heterocycles. The van der Waals surface area contributed by atoms with Gasteiger partial charge in [0.1, 0.15) is 17.7 Å². The van der Waals surface area contributed by atoms with Crippen LogP contribution in [0.15, 0.2) is 60.8 Å². The van der Waals surface area contributed by atoms with E-state index in [-0.39, 0.29) is 23.4 Å². The van der Waals surface area contributed by atoms with Gasteiger partial charge in [-0.3, -0.25) is 4.79 Å². The van der Waals surface area contributed by atoms with Gasteiger partial charge in [-0.2, -0.15) is 0 Å². The molecule has 5 aromatic rings. The number of methoxy groups -OCH3 is 2. The lowest BCUT2D eigenvalue weighted by molar-refractivity contribution is -0.141. The highest BCUT2D eigenvalue weighted by atomic mass is 16.5. The summed E-state index contributed by atoms with van der Waals surface area (Å²) < 4.78 is 10.3. The number of allylic oxidation sites excluding steroid dienone is 1. The first-order valence-electron chi connectivity index (χ1n) is 19.0. The fraction of sp³-hybridized carbons (Fsp3) is 0.429. The second kappa shape index (κ2) is 13.1. The number of rotatable bonds is 8. The number of piperidine rings is 1. The van der Waals surface area contributed by atoms with Crippen LogP contribution < -0.4 is 10.6 Å². The number of ether oxygens (including phenoxy) is 2. The fourth-order valence-corrected chi connectivity index (χ4v) is 9.43. The smallest absolute Gasteiger partial charge is 0.407 e. The largest absolute Gasteiger partial charge is 0.453 e. The molecule has 2 amide bonds. The van der Waals surface area contributed by atoms with Crippen molar-refractivity contribution in [3.63, 3.8) is 0 Å². The Bertz CT molecular complexity index is 2250. The Labute approximate surface area is 308 Å². The molecule has 53 heavy (non-hydrogen) atoms. The van der Waals surface area contributed by atoms with Crippen LogP contribution in [0.4, 0.5) is 4.79 Å². The summed E-state index contributed by atoms with van der Waals surface area (Å²) >= 11 is 0. The number of amides is 2. The maximum absolute atomic E-state index is 14.0. The Kier molecular flexibility index (Phi) is 8.38. The van der Waals surface area contributed by atoms with Crippen LogP contribution in [-0.2, 0) is 26.1 Å². The number of nitrogens with one attached hydrogen (secondary N) is 4. The minimum absolute atomic E-state index is 0.0970. The van der Waals surface area contributed by atoms with Gasteiger partial charge in [0.05, 0.1) is 48.2 Å². The minimum Gasteiger partial charge on any atom is -0.453 e. The number of hydrogen-bond acceptors (Lipinski definition) is 7. The molecule has 1 saturated carbocycles. The summed E-state index contributed by atoms with van der Waals surface area (Å²) in [6.45, 7) is 5.16. The van der Waals surface area contributed by atoms with Gasteiger partial charge >= 0.3 is 6.09 Å². The third-order valence-electron chi connectivity index (χ3n) is 12.5. The number of hydrogen-bond donors (Lipinski definition) is 4. The zero-order valence-electron chi connectivity index (χ0n) is 30.7. The molecule has 2 aliphatic heterocycles. The van der Waals surface area contributed by atoms with E-state index in [0.717, 1.165) is 78.0 Å². The van der Waals surface area contributed by atoms with E-state index < -0.39 is 18.2 Å². The molecule has 0 radical (unpaired) electrons. The number of aromatic nitrogens is 4. The number of alkyl carbamates (subject to hydrolysis) is 1. The van der Waals surface area contributed by atoms with Crippen molar-refractivity contribution in [3.8, 4) is 11.3 Å². The highest BCUT2D eigenvalue weighted by Gasteiger charge is 2.52. The van der Waals surface area contributed by atoms with Crippen molar-refractivity contribution in [1.29, 1.82) is 0 Å². The van der Waals surface area contributed by atoms with E-state index in [1.54, 1.807) is 6.92 Å². The summed E-state index contributed by atoms with van der Waals surface area (Å²) in [7, 11) is 2.83. The highest BCUT2D eigenvalue weighted by Crippen LogP contribution is 2.50. The van der Waals surface area contributed by atoms with E-state index in [1.807, 2.05) is 11.1 Å².